The fraction of sp³-hybridized carbons (Fsp3) is 0.619. The second kappa shape index (κ2) is 7.31. The second-order valence-electron chi connectivity index (χ2n) is 9.56. The molecule has 0 aromatic carbocycles. The molecule has 5 aliphatic rings. The smallest absolute Gasteiger partial charge is 0.280 e. The maximum Gasteiger partial charge on any atom is 0.280 e. The molecule has 30 heavy (non-hydrogen) atoms. The molecule has 0 aliphatic heterocycles. The fourth-order valence-electron chi connectivity index (χ4n) is 6.47. The Morgan fingerprint density at radius 2 is 1.77 bits per heavy atom. The van der Waals surface area contributed by atoms with Gasteiger partial charge in [-0.25, -0.2) is 8.42 Å². The number of hydrogen-bond donors (Lipinski definition) is 3. The maximum absolute atomic E-state index is 12.9. The number of carbonyl (C=O) groups excluding carboxylic acids is 1. The third-order valence-corrected chi connectivity index (χ3v) is 10.4. The Morgan fingerprint density at radius 1 is 1.13 bits per heavy atom. The van der Waals surface area contributed by atoms with Crippen LogP contribution in [-0.4, -0.2) is 31.2 Å². The van der Waals surface area contributed by atoms with Crippen LogP contribution in [-0.2, 0) is 16.3 Å². The van der Waals surface area contributed by atoms with Gasteiger partial charge in [0.15, 0.2) is 14.9 Å². The Kier molecular flexibility index (Phi) is 4.98. The molecule has 1 heterocycles. The van der Waals surface area contributed by atoms with Gasteiger partial charge in [0.2, 0.25) is 0 Å². The van der Waals surface area contributed by atoms with Gasteiger partial charge in [-0.3, -0.25) is 15.6 Å². The molecule has 1 amide bonds. The Bertz CT molecular complexity index is 1010. The van der Waals surface area contributed by atoms with Gasteiger partial charge in [0.1, 0.15) is 4.21 Å². The molecule has 162 valence electrons. The maximum atomic E-state index is 12.9. The molecule has 3 N–H and O–H groups in total. The number of thiocarbonyl (C=S) groups is 1. The average Bonchev–Trinajstić information content (AvgIpc) is 3.05. The van der Waals surface area contributed by atoms with Gasteiger partial charge in [0.25, 0.3) is 5.91 Å². The van der Waals surface area contributed by atoms with Crippen molar-refractivity contribution in [3.8, 4) is 0 Å². The molecule has 0 saturated heterocycles. The molecule has 4 fully saturated rings. The van der Waals surface area contributed by atoms with Crippen molar-refractivity contribution in [3.63, 3.8) is 0 Å². The lowest BCUT2D eigenvalue weighted by atomic mass is 9.53. The summed E-state index contributed by atoms with van der Waals surface area (Å²) < 4.78 is 24.6. The highest BCUT2D eigenvalue weighted by Crippen LogP contribution is 2.55. The number of amides is 1. The Morgan fingerprint density at radius 3 is 2.37 bits per heavy atom. The van der Waals surface area contributed by atoms with Gasteiger partial charge in [-0.2, -0.15) is 0 Å². The molecule has 6 rings (SSSR count). The van der Waals surface area contributed by atoms with Crippen molar-refractivity contribution in [1.82, 2.24) is 16.2 Å². The first kappa shape index (κ1) is 20.5. The Hall–Kier alpha value is -1.45. The minimum absolute atomic E-state index is 0.0694. The Balaban J connectivity index is 1.26. The number of hydrazine groups is 1. The first-order chi connectivity index (χ1) is 14.2. The number of fused-ring (bicyclic) bond motifs is 1. The van der Waals surface area contributed by atoms with Crippen molar-refractivity contribution in [1.29, 1.82) is 0 Å². The highest BCUT2D eigenvalue weighted by atomic mass is 32.2. The van der Waals surface area contributed by atoms with Crippen LogP contribution < -0.4 is 16.2 Å². The molecule has 0 spiro atoms. The molecular weight excluding hydrogens is 438 g/mol. The van der Waals surface area contributed by atoms with Gasteiger partial charge in [-0.15, -0.1) is 11.3 Å². The topological polar surface area (TPSA) is 87.3 Å². The molecule has 6 nitrogen and oxygen atoms in total. The minimum Gasteiger partial charge on any atom is -0.356 e. The molecular formula is C21H27N3O3S3. The van der Waals surface area contributed by atoms with E-state index in [1.165, 1.54) is 25.5 Å². The summed E-state index contributed by atoms with van der Waals surface area (Å²) in [6.45, 7) is 0. The summed E-state index contributed by atoms with van der Waals surface area (Å²) >= 11 is 6.54. The number of allylic oxidation sites excluding steroid dienone is 1. The lowest BCUT2D eigenvalue weighted by Crippen LogP contribution is -2.62. The molecule has 9 heteroatoms. The van der Waals surface area contributed by atoms with E-state index in [9.17, 15) is 13.2 Å². The first-order valence-corrected chi connectivity index (χ1v) is 13.7. The van der Waals surface area contributed by atoms with Crippen molar-refractivity contribution in [2.75, 3.05) is 6.26 Å². The summed E-state index contributed by atoms with van der Waals surface area (Å²) in [7, 11) is -3.39. The summed E-state index contributed by atoms with van der Waals surface area (Å²) in [5.41, 5.74) is 7.10. The van der Waals surface area contributed by atoms with Crippen molar-refractivity contribution >= 4 is 50.5 Å². The van der Waals surface area contributed by atoms with Crippen LogP contribution >= 0.6 is 23.6 Å². The second-order valence-corrected chi connectivity index (χ2v) is 13.2. The van der Waals surface area contributed by atoms with E-state index in [-0.39, 0.29) is 15.7 Å². The van der Waals surface area contributed by atoms with E-state index >= 15 is 0 Å². The minimum atomic E-state index is -3.39. The summed E-state index contributed by atoms with van der Waals surface area (Å²) in [4.78, 5) is 13.3. The summed E-state index contributed by atoms with van der Waals surface area (Å²) in [5, 5.41) is 3.97. The van der Waals surface area contributed by atoms with Gasteiger partial charge < -0.3 is 5.32 Å². The molecule has 1 aromatic rings. The number of hydrogen-bond acceptors (Lipinski definition) is 5. The van der Waals surface area contributed by atoms with Gasteiger partial charge in [-0.1, -0.05) is 12.2 Å². The van der Waals surface area contributed by atoms with E-state index in [0.717, 1.165) is 60.3 Å². The predicted octanol–water partition coefficient (Wildman–Crippen LogP) is 3.19. The van der Waals surface area contributed by atoms with E-state index in [0.29, 0.717) is 22.0 Å². The van der Waals surface area contributed by atoms with Gasteiger partial charge >= 0.3 is 0 Å². The van der Waals surface area contributed by atoms with Crippen LogP contribution in [0.25, 0.3) is 6.08 Å². The molecule has 0 unspecified atom stereocenters. The summed E-state index contributed by atoms with van der Waals surface area (Å²) in [5.74, 6) is 2.08. The van der Waals surface area contributed by atoms with E-state index in [1.54, 1.807) is 0 Å². The van der Waals surface area contributed by atoms with Crippen LogP contribution in [0.3, 0.4) is 0 Å². The standard InChI is InChI=1S/C21H27N3O3S3/c1-30(26,27)19-16-5-3-2-4-15(16)17(29-19)18(25)23-24-20(28)22-21-9-12-6-13(10-21)8-14(7-12)11-21/h3,5,12-14H,2,4,6-11H2,1H3,(H,23,25)(H2,22,24,28). The quantitative estimate of drug-likeness (QED) is 0.469. The lowest BCUT2D eigenvalue weighted by Gasteiger charge is -2.57. The highest BCUT2D eigenvalue weighted by Gasteiger charge is 2.51. The lowest BCUT2D eigenvalue weighted by molar-refractivity contribution is -0.0102. The van der Waals surface area contributed by atoms with E-state index in [2.05, 4.69) is 16.2 Å². The first-order valence-electron chi connectivity index (χ1n) is 10.6. The van der Waals surface area contributed by atoms with Crippen molar-refractivity contribution in [3.05, 3.63) is 22.1 Å². The van der Waals surface area contributed by atoms with Crippen LogP contribution in [0.15, 0.2) is 10.3 Å². The highest BCUT2D eigenvalue weighted by molar-refractivity contribution is 7.92. The third-order valence-electron chi connectivity index (χ3n) is 7.11. The zero-order valence-electron chi connectivity index (χ0n) is 17.0. The van der Waals surface area contributed by atoms with Crippen LogP contribution in [0.2, 0.25) is 0 Å². The zero-order chi connectivity index (χ0) is 21.1. The van der Waals surface area contributed by atoms with Crippen LogP contribution in [0.5, 0.6) is 0 Å². The number of carbonyl (C=O) groups is 1. The molecule has 4 bridgehead atoms. The Labute approximate surface area is 186 Å². The molecule has 0 radical (unpaired) electrons. The number of sulfone groups is 1. The number of nitrogens with one attached hydrogen (secondary N) is 3. The number of thiophene rings is 1. The third kappa shape index (κ3) is 3.69. The van der Waals surface area contributed by atoms with E-state index in [1.807, 2.05) is 12.2 Å². The fourth-order valence-corrected chi connectivity index (χ4v) is 9.14. The van der Waals surface area contributed by atoms with Crippen LogP contribution in [0.4, 0.5) is 0 Å². The molecule has 4 saturated carbocycles. The number of rotatable bonds is 3. The van der Waals surface area contributed by atoms with Crippen molar-refractivity contribution in [2.45, 2.75) is 61.1 Å². The van der Waals surface area contributed by atoms with E-state index in [4.69, 9.17) is 12.2 Å². The molecule has 0 atom stereocenters. The predicted molar refractivity (Wildman–Crippen MR) is 122 cm³/mol. The summed E-state index contributed by atoms with van der Waals surface area (Å²) in [6, 6.07) is 0. The van der Waals surface area contributed by atoms with Crippen molar-refractivity contribution < 1.29 is 13.2 Å². The van der Waals surface area contributed by atoms with Crippen LogP contribution in [0.1, 0.15) is 65.7 Å². The van der Waals surface area contributed by atoms with Gasteiger partial charge in [0.05, 0.1) is 4.88 Å². The van der Waals surface area contributed by atoms with Crippen molar-refractivity contribution in [2.24, 2.45) is 17.8 Å². The SMILES string of the molecule is CS(=O)(=O)c1sc(C(=O)NNC(=S)NC23CC4CC(CC(C4)C2)C3)c2c1C=CCC2. The summed E-state index contributed by atoms with van der Waals surface area (Å²) in [6.07, 6.45) is 14.0. The zero-order valence-corrected chi connectivity index (χ0v) is 19.4. The average molecular weight is 466 g/mol. The van der Waals surface area contributed by atoms with Gasteiger partial charge in [0, 0.05) is 17.4 Å². The van der Waals surface area contributed by atoms with Gasteiger partial charge in [-0.05, 0) is 86.9 Å². The van der Waals surface area contributed by atoms with E-state index < -0.39 is 9.84 Å². The molecule has 1 aromatic heterocycles. The largest absolute Gasteiger partial charge is 0.356 e. The monoisotopic (exact) mass is 465 g/mol. The normalized spacial score (nSPS) is 31.3. The van der Waals surface area contributed by atoms with Crippen LogP contribution in [0, 0.1) is 17.8 Å². The molecule has 5 aliphatic carbocycles.